The number of aliphatic hydroxyl groups is 1. The van der Waals surface area contributed by atoms with Gasteiger partial charge in [0.15, 0.2) is 0 Å². The minimum Gasteiger partial charge on any atom is -0.512 e. The summed E-state index contributed by atoms with van der Waals surface area (Å²) in [6, 6.07) is 4.08. The minimum absolute atomic E-state index is 0.00477. The Bertz CT molecular complexity index is 787. The highest BCUT2D eigenvalue weighted by atomic mass is 16.3. The van der Waals surface area contributed by atoms with Crippen molar-refractivity contribution >= 4 is 5.57 Å². The van der Waals surface area contributed by atoms with Crippen LogP contribution in [-0.4, -0.2) is 10.2 Å². The fourth-order valence-electron chi connectivity index (χ4n) is 4.26. The second kappa shape index (κ2) is 7.96. The van der Waals surface area contributed by atoms with Crippen LogP contribution < -0.4 is 0 Å². The number of phenolic OH excluding ortho intramolecular Hbond substituents is 1. The van der Waals surface area contributed by atoms with Gasteiger partial charge in [-0.1, -0.05) is 58.4 Å². The van der Waals surface area contributed by atoms with Crippen molar-refractivity contribution in [3.8, 4) is 5.75 Å². The fraction of sp³-hybridized carbons (Fsp3) is 0.520. The van der Waals surface area contributed by atoms with Crippen molar-refractivity contribution < 1.29 is 10.2 Å². The zero-order valence-corrected chi connectivity index (χ0v) is 18.1. The molecule has 2 nitrogen and oxygen atoms in total. The van der Waals surface area contributed by atoms with E-state index in [2.05, 4.69) is 60.3 Å². The third-order valence-corrected chi connectivity index (χ3v) is 5.60. The molecule has 1 aromatic carbocycles. The molecule has 2 rings (SSSR count). The normalized spacial score (nSPS) is 19.1. The Balaban J connectivity index is 2.64. The number of rotatable bonds is 5. The summed E-state index contributed by atoms with van der Waals surface area (Å²) in [6.07, 6.45) is 4.89. The van der Waals surface area contributed by atoms with E-state index >= 15 is 0 Å². The molecule has 0 radical (unpaired) electrons. The highest BCUT2D eigenvalue weighted by Gasteiger charge is 2.35. The van der Waals surface area contributed by atoms with E-state index in [-0.39, 0.29) is 17.3 Å². The molecule has 0 saturated heterocycles. The number of aliphatic hydroxyl groups excluding tert-OH is 1. The van der Waals surface area contributed by atoms with Gasteiger partial charge in [0.2, 0.25) is 0 Å². The average Bonchev–Trinajstić information content (AvgIpc) is 2.55. The maximum Gasteiger partial charge on any atom is 0.126 e. The van der Waals surface area contributed by atoms with Gasteiger partial charge in [0, 0.05) is 11.5 Å². The van der Waals surface area contributed by atoms with Crippen molar-refractivity contribution in [3.05, 3.63) is 58.4 Å². The second-order valence-corrected chi connectivity index (χ2v) is 9.28. The fourth-order valence-corrected chi connectivity index (χ4v) is 4.26. The van der Waals surface area contributed by atoms with E-state index < -0.39 is 0 Å². The summed E-state index contributed by atoms with van der Waals surface area (Å²) < 4.78 is 0. The Kier molecular flexibility index (Phi) is 6.29. The molecule has 0 spiro atoms. The van der Waals surface area contributed by atoms with Crippen LogP contribution in [0.3, 0.4) is 0 Å². The largest absolute Gasteiger partial charge is 0.512 e. The van der Waals surface area contributed by atoms with E-state index in [9.17, 15) is 10.2 Å². The lowest BCUT2D eigenvalue weighted by Crippen LogP contribution is -2.24. The molecule has 0 saturated carbocycles. The van der Waals surface area contributed by atoms with Gasteiger partial charge in [0.25, 0.3) is 0 Å². The first-order valence-electron chi connectivity index (χ1n) is 10.1. The molecule has 1 aliphatic carbocycles. The number of hydrogen-bond acceptors (Lipinski definition) is 2. The third-order valence-electron chi connectivity index (χ3n) is 5.60. The van der Waals surface area contributed by atoms with Crippen molar-refractivity contribution in [2.24, 2.45) is 11.3 Å². The molecule has 0 fully saturated rings. The molecule has 0 bridgehead atoms. The Morgan fingerprint density at radius 1 is 1.22 bits per heavy atom. The molecule has 0 amide bonds. The smallest absolute Gasteiger partial charge is 0.126 e. The molecule has 2 atom stereocenters. The van der Waals surface area contributed by atoms with Gasteiger partial charge in [-0.05, 0) is 73.3 Å². The molecule has 27 heavy (non-hydrogen) atoms. The summed E-state index contributed by atoms with van der Waals surface area (Å²) in [5.74, 6) is 0.886. The number of aryl methyl sites for hydroxylation is 1. The number of phenols is 1. The summed E-state index contributed by atoms with van der Waals surface area (Å²) in [5.41, 5.74) is 5.92. The summed E-state index contributed by atoms with van der Waals surface area (Å²) in [7, 11) is 0. The third kappa shape index (κ3) is 4.48. The minimum atomic E-state index is -0.113. The zero-order chi connectivity index (χ0) is 20.5. The van der Waals surface area contributed by atoms with E-state index in [1.54, 1.807) is 0 Å². The maximum absolute atomic E-state index is 11.2. The van der Waals surface area contributed by atoms with Gasteiger partial charge < -0.3 is 10.2 Å². The Morgan fingerprint density at radius 2 is 1.85 bits per heavy atom. The maximum atomic E-state index is 11.2. The van der Waals surface area contributed by atoms with E-state index in [0.717, 1.165) is 47.1 Å². The van der Waals surface area contributed by atoms with Gasteiger partial charge in [-0.15, -0.1) is 0 Å². The van der Waals surface area contributed by atoms with E-state index in [0.29, 0.717) is 11.5 Å². The van der Waals surface area contributed by atoms with Crippen LogP contribution in [0.1, 0.15) is 83.4 Å². The van der Waals surface area contributed by atoms with Gasteiger partial charge in [0.1, 0.15) is 5.75 Å². The van der Waals surface area contributed by atoms with Crippen LogP contribution in [0.15, 0.2) is 41.7 Å². The number of allylic oxidation sites excluding steroid dienone is 5. The monoisotopic (exact) mass is 368 g/mol. The standard InChI is InChI=1S/C25H36O2/c1-9-10-18(20-12-16(4)11-19(15(2)3)23(20)26)21-13-17(5)14-22(24(21)27)25(6,7)8/h11-12,14,18,21,26-27H,2,9-10,13H2,1,3-8H3. The van der Waals surface area contributed by atoms with Gasteiger partial charge >= 0.3 is 0 Å². The molecule has 1 aromatic rings. The summed E-state index contributed by atoms with van der Waals surface area (Å²) in [5, 5.41) is 22.2. The van der Waals surface area contributed by atoms with Crippen LogP contribution in [0.4, 0.5) is 0 Å². The molecule has 0 aromatic heterocycles. The van der Waals surface area contributed by atoms with Crippen molar-refractivity contribution in [3.63, 3.8) is 0 Å². The SMILES string of the molecule is C=C(C)c1cc(C)cc(C(CCC)C2CC(C)=CC(C(C)(C)C)=C2O)c1O. The van der Waals surface area contributed by atoms with Gasteiger partial charge in [0.05, 0.1) is 5.76 Å². The first kappa shape index (κ1) is 21.3. The summed E-state index contributed by atoms with van der Waals surface area (Å²) >= 11 is 0. The molecule has 1 aliphatic rings. The van der Waals surface area contributed by atoms with Crippen molar-refractivity contribution in [2.45, 2.75) is 73.6 Å². The molecular formula is C25H36O2. The van der Waals surface area contributed by atoms with Gasteiger partial charge in [-0.25, -0.2) is 0 Å². The van der Waals surface area contributed by atoms with E-state index in [1.165, 1.54) is 5.57 Å². The number of benzene rings is 1. The van der Waals surface area contributed by atoms with Crippen molar-refractivity contribution in [1.29, 1.82) is 0 Å². The topological polar surface area (TPSA) is 40.5 Å². The van der Waals surface area contributed by atoms with Crippen LogP contribution in [0.5, 0.6) is 5.75 Å². The van der Waals surface area contributed by atoms with E-state index in [1.807, 2.05) is 13.0 Å². The molecular weight excluding hydrogens is 332 g/mol. The molecule has 0 heterocycles. The molecule has 2 heteroatoms. The quantitative estimate of drug-likeness (QED) is 0.567. The lowest BCUT2D eigenvalue weighted by molar-refractivity contribution is 0.265. The Hall–Kier alpha value is -1.96. The first-order chi connectivity index (χ1) is 12.5. The number of aromatic hydroxyl groups is 1. The first-order valence-corrected chi connectivity index (χ1v) is 10.1. The van der Waals surface area contributed by atoms with E-state index in [4.69, 9.17) is 0 Å². The Labute approximate surface area is 165 Å². The van der Waals surface area contributed by atoms with Crippen LogP contribution in [-0.2, 0) is 0 Å². The van der Waals surface area contributed by atoms with Crippen LogP contribution in [0.2, 0.25) is 0 Å². The van der Waals surface area contributed by atoms with Gasteiger partial charge in [-0.3, -0.25) is 0 Å². The zero-order valence-electron chi connectivity index (χ0n) is 18.1. The molecule has 0 aliphatic heterocycles. The van der Waals surface area contributed by atoms with Gasteiger partial charge in [-0.2, -0.15) is 0 Å². The van der Waals surface area contributed by atoms with Crippen LogP contribution in [0.25, 0.3) is 5.57 Å². The van der Waals surface area contributed by atoms with Crippen molar-refractivity contribution in [2.75, 3.05) is 0 Å². The van der Waals surface area contributed by atoms with Crippen molar-refractivity contribution in [1.82, 2.24) is 0 Å². The summed E-state index contributed by atoms with van der Waals surface area (Å²) in [4.78, 5) is 0. The predicted molar refractivity (Wildman–Crippen MR) is 116 cm³/mol. The lowest BCUT2D eigenvalue weighted by Gasteiger charge is -2.35. The lowest BCUT2D eigenvalue weighted by atomic mass is 9.70. The Morgan fingerprint density at radius 3 is 2.37 bits per heavy atom. The van der Waals surface area contributed by atoms with Crippen LogP contribution in [0, 0.1) is 18.3 Å². The second-order valence-electron chi connectivity index (χ2n) is 9.28. The highest BCUT2D eigenvalue weighted by molar-refractivity contribution is 5.69. The number of hydrogen-bond donors (Lipinski definition) is 2. The molecule has 2 unspecified atom stereocenters. The molecule has 2 N–H and O–H groups in total. The van der Waals surface area contributed by atoms with Crippen LogP contribution >= 0.6 is 0 Å². The highest BCUT2D eigenvalue weighted by Crippen LogP contribution is 2.47. The molecule has 148 valence electrons. The average molecular weight is 369 g/mol. The predicted octanol–water partition coefficient (Wildman–Crippen LogP) is 7.44. The summed E-state index contributed by atoms with van der Waals surface area (Å²) in [6.45, 7) is 18.7.